The molecule has 2 bridgehead atoms. The molecule has 3 aliphatic heterocycles. The Morgan fingerprint density at radius 3 is 2.36 bits per heavy atom. The number of carbonyl (C=O) groups is 3. The van der Waals surface area contributed by atoms with Gasteiger partial charge in [0.15, 0.2) is 0 Å². The first kappa shape index (κ1) is 7.73. The van der Waals surface area contributed by atoms with Crippen molar-refractivity contribution in [2.24, 2.45) is 17.8 Å². The highest BCUT2D eigenvalue weighted by atomic mass is 16.6. The zero-order valence-electron chi connectivity index (χ0n) is 7.01. The van der Waals surface area contributed by atoms with Crippen LogP contribution in [-0.2, 0) is 23.9 Å². The van der Waals surface area contributed by atoms with Gasteiger partial charge in [0, 0.05) is 0 Å². The molecule has 0 spiro atoms. The lowest BCUT2D eigenvalue weighted by Crippen LogP contribution is -2.48. The van der Waals surface area contributed by atoms with E-state index < -0.39 is 41.8 Å². The van der Waals surface area contributed by atoms with Crippen molar-refractivity contribution in [1.82, 2.24) is 0 Å². The standard InChI is InChI=1S/C9H6O5/c10-7-3-1-2-4(13-7)6-5(3)8(11)14-9(6)12/h1-6H/t3-,4-,5-,6+/m1/s1. The van der Waals surface area contributed by atoms with Crippen molar-refractivity contribution in [3.63, 3.8) is 0 Å². The smallest absolute Gasteiger partial charge is 0.321 e. The normalized spacial score (nSPS) is 43.6. The Labute approximate surface area is 78.7 Å². The lowest BCUT2D eigenvalue weighted by molar-refractivity contribution is -0.168. The fraction of sp³-hybridized carbons (Fsp3) is 0.444. The van der Waals surface area contributed by atoms with Crippen LogP contribution in [0, 0.1) is 17.8 Å². The molecule has 0 aromatic heterocycles. The summed E-state index contributed by atoms with van der Waals surface area (Å²) in [6, 6.07) is 0. The molecular formula is C9H6O5. The second kappa shape index (κ2) is 2.23. The molecule has 14 heavy (non-hydrogen) atoms. The van der Waals surface area contributed by atoms with E-state index in [-0.39, 0.29) is 0 Å². The van der Waals surface area contributed by atoms with Crippen molar-refractivity contribution < 1.29 is 23.9 Å². The van der Waals surface area contributed by atoms with E-state index in [9.17, 15) is 14.4 Å². The van der Waals surface area contributed by atoms with E-state index in [0.29, 0.717) is 0 Å². The minimum atomic E-state index is -0.654. The highest BCUT2D eigenvalue weighted by Crippen LogP contribution is 2.43. The molecule has 0 unspecified atom stereocenters. The highest BCUT2D eigenvalue weighted by Gasteiger charge is 2.59. The SMILES string of the molecule is O=C1OC(=O)[C@H]2[C@@H]1[C@H]1C=C[C@H]2C(=O)O1. The van der Waals surface area contributed by atoms with E-state index >= 15 is 0 Å². The second-order valence-electron chi connectivity index (χ2n) is 3.60. The number of hydrogen-bond acceptors (Lipinski definition) is 5. The van der Waals surface area contributed by atoms with Crippen LogP contribution in [0.15, 0.2) is 12.2 Å². The van der Waals surface area contributed by atoms with Crippen LogP contribution in [0.1, 0.15) is 0 Å². The van der Waals surface area contributed by atoms with Gasteiger partial charge < -0.3 is 9.47 Å². The molecule has 5 nitrogen and oxygen atoms in total. The van der Waals surface area contributed by atoms with Crippen molar-refractivity contribution in [3.8, 4) is 0 Å². The van der Waals surface area contributed by atoms with Crippen LogP contribution in [0.3, 0.4) is 0 Å². The predicted octanol–water partition coefficient (Wildman–Crippen LogP) is -0.586. The Morgan fingerprint density at radius 1 is 0.929 bits per heavy atom. The summed E-state index contributed by atoms with van der Waals surface area (Å²) in [5.74, 6) is -3.52. The summed E-state index contributed by atoms with van der Waals surface area (Å²) < 4.78 is 9.43. The van der Waals surface area contributed by atoms with Crippen molar-refractivity contribution in [1.29, 1.82) is 0 Å². The van der Waals surface area contributed by atoms with Gasteiger partial charge >= 0.3 is 17.9 Å². The molecule has 3 heterocycles. The van der Waals surface area contributed by atoms with Crippen LogP contribution in [0.25, 0.3) is 0 Å². The van der Waals surface area contributed by atoms with Gasteiger partial charge in [0.2, 0.25) is 0 Å². The number of rotatable bonds is 0. The molecule has 0 aromatic rings. The first-order chi connectivity index (χ1) is 6.68. The molecule has 0 aromatic carbocycles. The van der Waals surface area contributed by atoms with Crippen molar-refractivity contribution in [2.45, 2.75) is 6.10 Å². The molecule has 0 N–H and O–H groups in total. The van der Waals surface area contributed by atoms with Gasteiger partial charge in [-0.25, -0.2) is 0 Å². The van der Waals surface area contributed by atoms with Gasteiger partial charge in [0.05, 0.1) is 11.8 Å². The number of fused-ring (bicyclic) bond motifs is 1. The molecule has 2 saturated heterocycles. The average molecular weight is 194 g/mol. The maximum Gasteiger partial charge on any atom is 0.321 e. The molecule has 72 valence electrons. The maximum atomic E-state index is 11.3. The summed E-state index contributed by atoms with van der Waals surface area (Å²) in [6.07, 6.45) is 2.65. The Hall–Kier alpha value is -1.65. The molecule has 0 amide bonds. The zero-order valence-corrected chi connectivity index (χ0v) is 7.01. The van der Waals surface area contributed by atoms with Crippen LogP contribution >= 0.6 is 0 Å². The Morgan fingerprint density at radius 2 is 1.64 bits per heavy atom. The zero-order chi connectivity index (χ0) is 9.87. The summed E-state index contributed by atoms with van der Waals surface area (Å²) in [5, 5.41) is 0. The second-order valence-corrected chi connectivity index (χ2v) is 3.60. The number of ether oxygens (including phenoxy) is 2. The van der Waals surface area contributed by atoms with Gasteiger partial charge in [-0.05, 0) is 6.08 Å². The van der Waals surface area contributed by atoms with Crippen molar-refractivity contribution in [2.75, 3.05) is 0 Å². The monoisotopic (exact) mass is 194 g/mol. The minimum Gasteiger partial charge on any atom is -0.457 e. The van der Waals surface area contributed by atoms with Gasteiger partial charge in [0.25, 0.3) is 0 Å². The molecule has 4 aliphatic rings. The summed E-state index contributed by atoms with van der Waals surface area (Å²) in [5.41, 5.74) is 0. The lowest BCUT2D eigenvalue weighted by atomic mass is 9.73. The molecule has 4 atom stereocenters. The number of esters is 3. The van der Waals surface area contributed by atoms with Gasteiger partial charge in [-0.1, -0.05) is 6.08 Å². The van der Waals surface area contributed by atoms with Gasteiger partial charge in [0.1, 0.15) is 12.0 Å². The fourth-order valence-electron chi connectivity index (χ4n) is 2.26. The van der Waals surface area contributed by atoms with Gasteiger partial charge in [-0.2, -0.15) is 0 Å². The highest BCUT2D eigenvalue weighted by molar-refractivity contribution is 6.01. The third-order valence-corrected chi connectivity index (χ3v) is 2.91. The summed E-state index contributed by atoms with van der Waals surface area (Å²) in [7, 11) is 0. The molecule has 4 rings (SSSR count). The third kappa shape index (κ3) is 0.724. The molecule has 2 fully saturated rings. The van der Waals surface area contributed by atoms with Gasteiger partial charge in [-0.3, -0.25) is 14.4 Å². The third-order valence-electron chi connectivity index (χ3n) is 2.91. The number of cyclic esters (lactones) is 2. The van der Waals surface area contributed by atoms with Gasteiger partial charge in [-0.15, -0.1) is 0 Å². The predicted molar refractivity (Wildman–Crippen MR) is 40.6 cm³/mol. The van der Waals surface area contributed by atoms with E-state index in [1.807, 2.05) is 0 Å². The van der Waals surface area contributed by atoms with E-state index in [2.05, 4.69) is 4.74 Å². The molecule has 1 aliphatic carbocycles. The van der Waals surface area contributed by atoms with Crippen LogP contribution in [-0.4, -0.2) is 24.0 Å². The lowest BCUT2D eigenvalue weighted by Gasteiger charge is -2.35. The van der Waals surface area contributed by atoms with Crippen LogP contribution in [0.5, 0.6) is 0 Å². The van der Waals surface area contributed by atoms with E-state index in [4.69, 9.17) is 4.74 Å². The van der Waals surface area contributed by atoms with Crippen LogP contribution in [0.2, 0.25) is 0 Å². The maximum absolute atomic E-state index is 11.3. The molecule has 0 saturated carbocycles. The first-order valence-corrected chi connectivity index (χ1v) is 4.33. The van der Waals surface area contributed by atoms with Crippen molar-refractivity contribution >= 4 is 17.9 Å². The minimum absolute atomic E-state index is 0.439. The first-order valence-electron chi connectivity index (χ1n) is 4.33. The number of hydrogen-bond donors (Lipinski definition) is 0. The van der Waals surface area contributed by atoms with E-state index in [0.717, 1.165) is 0 Å². The molecule has 0 radical (unpaired) electrons. The average Bonchev–Trinajstić information content (AvgIpc) is 2.45. The Balaban J connectivity index is 2.10. The molecular weight excluding hydrogens is 188 g/mol. The molecule has 5 heteroatoms. The number of carbonyl (C=O) groups excluding carboxylic acids is 3. The Kier molecular flexibility index (Phi) is 1.23. The summed E-state index contributed by atoms with van der Waals surface area (Å²) in [6.45, 7) is 0. The van der Waals surface area contributed by atoms with E-state index in [1.165, 1.54) is 0 Å². The Bertz CT molecular complexity index is 383. The summed E-state index contributed by atoms with van der Waals surface area (Å²) in [4.78, 5) is 33.8. The fourth-order valence-corrected chi connectivity index (χ4v) is 2.26. The topological polar surface area (TPSA) is 69.7 Å². The van der Waals surface area contributed by atoms with E-state index in [1.54, 1.807) is 12.2 Å². The van der Waals surface area contributed by atoms with Crippen LogP contribution < -0.4 is 0 Å². The quantitative estimate of drug-likeness (QED) is 0.293. The van der Waals surface area contributed by atoms with Crippen molar-refractivity contribution in [3.05, 3.63) is 12.2 Å². The summed E-state index contributed by atoms with van der Waals surface area (Å²) >= 11 is 0. The van der Waals surface area contributed by atoms with Crippen LogP contribution in [0.4, 0.5) is 0 Å². The largest absolute Gasteiger partial charge is 0.457 e.